The van der Waals surface area contributed by atoms with Crippen LogP contribution in [0.2, 0.25) is 0 Å². The molecule has 0 radical (unpaired) electrons. The van der Waals surface area contributed by atoms with E-state index in [9.17, 15) is 0 Å². The quantitative estimate of drug-likeness (QED) is 0.640. The van der Waals surface area contributed by atoms with Gasteiger partial charge in [0.25, 0.3) is 0 Å². The molecule has 82 valence electrons. The zero-order valence-corrected chi connectivity index (χ0v) is 10.1. The van der Waals surface area contributed by atoms with Gasteiger partial charge in [0.2, 0.25) is 0 Å². The van der Waals surface area contributed by atoms with Gasteiger partial charge in [0.15, 0.2) is 4.34 Å². The van der Waals surface area contributed by atoms with Crippen molar-refractivity contribution in [1.29, 1.82) is 5.41 Å². The first-order valence-corrected chi connectivity index (χ1v) is 6.07. The van der Waals surface area contributed by atoms with Gasteiger partial charge in [-0.15, -0.1) is 10.2 Å². The molecule has 2 aromatic heterocycles. The Labute approximate surface area is 101 Å². The molecule has 2 rings (SSSR count). The number of nitrogens with one attached hydrogen (secondary N) is 1. The molecule has 0 saturated carbocycles. The summed E-state index contributed by atoms with van der Waals surface area (Å²) in [5.74, 6) is -0.0377. The lowest BCUT2D eigenvalue weighted by molar-refractivity contribution is 0.983. The number of hydrogen-bond donors (Lipinski definition) is 2. The molecule has 0 aliphatic heterocycles. The largest absolute Gasteiger partial charge is 0.382 e. The third kappa shape index (κ3) is 2.37. The van der Waals surface area contributed by atoms with Crippen molar-refractivity contribution in [3.05, 3.63) is 29.0 Å². The van der Waals surface area contributed by atoms with E-state index in [1.54, 1.807) is 6.20 Å². The van der Waals surface area contributed by atoms with Gasteiger partial charge in [-0.2, -0.15) is 0 Å². The summed E-state index contributed by atoms with van der Waals surface area (Å²) < 4.78 is 0.827. The van der Waals surface area contributed by atoms with Crippen molar-refractivity contribution >= 4 is 28.9 Å². The third-order valence-electron chi connectivity index (χ3n) is 1.73. The van der Waals surface area contributed by atoms with Crippen LogP contribution in [0.5, 0.6) is 0 Å². The Bertz CT molecular complexity index is 522. The van der Waals surface area contributed by atoms with Gasteiger partial charge in [-0.25, -0.2) is 0 Å². The summed E-state index contributed by atoms with van der Waals surface area (Å²) in [5, 5.41) is 16.3. The summed E-state index contributed by atoms with van der Waals surface area (Å²) in [6.07, 6.45) is 1.62. The van der Waals surface area contributed by atoms with Gasteiger partial charge in [-0.1, -0.05) is 23.1 Å². The van der Waals surface area contributed by atoms with Crippen LogP contribution in [0.4, 0.5) is 0 Å². The topological polar surface area (TPSA) is 88.5 Å². The Morgan fingerprint density at radius 1 is 1.50 bits per heavy atom. The number of nitrogens with zero attached hydrogens (tertiary/aromatic N) is 3. The molecule has 0 aromatic carbocycles. The average molecular weight is 251 g/mol. The van der Waals surface area contributed by atoms with Crippen LogP contribution in [0.3, 0.4) is 0 Å². The summed E-state index contributed by atoms with van der Waals surface area (Å²) in [5.41, 5.74) is 5.93. The fourth-order valence-corrected chi connectivity index (χ4v) is 2.98. The van der Waals surface area contributed by atoms with E-state index in [1.165, 1.54) is 23.1 Å². The molecule has 0 fully saturated rings. The fourth-order valence-electron chi connectivity index (χ4n) is 1.09. The number of aryl methyl sites for hydroxylation is 1. The Hall–Kier alpha value is -1.47. The second-order valence-electron chi connectivity index (χ2n) is 2.95. The molecule has 0 unspecified atom stereocenters. The molecular formula is C9H9N5S2. The van der Waals surface area contributed by atoms with Gasteiger partial charge in [-0.05, 0) is 19.1 Å². The highest BCUT2D eigenvalue weighted by molar-refractivity contribution is 8.01. The highest BCUT2D eigenvalue weighted by atomic mass is 32.2. The summed E-state index contributed by atoms with van der Waals surface area (Å²) >= 11 is 2.93. The predicted octanol–water partition coefficient (Wildman–Crippen LogP) is 1.68. The maximum atomic E-state index is 7.42. The first-order valence-electron chi connectivity index (χ1n) is 4.44. The second kappa shape index (κ2) is 4.58. The standard InChI is InChI=1S/C9H9N5S2/c1-5-13-14-9(15-5)16-6-3-2-4-12-7(6)8(10)11/h2-4H,1H3,(H3,10,11). The normalized spacial score (nSPS) is 10.3. The van der Waals surface area contributed by atoms with Crippen molar-refractivity contribution < 1.29 is 0 Å². The van der Waals surface area contributed by atoms with Gasteiger partial charge in [0.1, 0.15) is 16.5 Å². The van der Waals surface area contributed by atoms with Gasteiger partial charge in [-0.3, -0.25) is 10.4 Å². The minimum atomic E-state index is -0.0377. The van der Waals surface area contributed by atoms with Crippen LogP contribution in [0.15, 0.2) is 27.6 Å². The van der Waals surface area contributed by atoms with Gasteiger partial charge in [0.05, 0.1) is 0 Å². The van der Waals surface area contributed by atoms with Crippen LogP contribution in [0.25, 0.3) is 0 Å². The minimum absolute atomic E-state index is 0.0377. The average Bonchev–Trinajstić information content (AvgIpc) is 2.64. The van der Waals surface area contributed by atoms with Gasteiger partial charge in [0, 0.05) is 11.1 Å². The fraction of sp³-hybridized carbons (Fsp3) is 0.111. The predicted molar refractivity (Wildman–Crippen MR) is 64.0 cm³/mol. The minimum Gasteiger partial charge on any atom is -0.382 e. The van der Waals surface area contributed by atoms with E-state index in [0.717, 1.165) is 14.2 Å². The lowest BCUT2D eigenvalue weighted by Gasteiger charge is -2.03. The van der Waals surface area contributed by atoms with Gasteiger partial charge < -0.3 is 5.73 Å². The van der Waals surface area contributed by atoms with E-state index in [1.807, 2.05) is 19.1 Å². The number of rotatable bonds is 3. The molecule has 0 spiro atoms. The molecule has 2 aromatic rings. The highest BCUT2D eigenvalue weighted by Gasteiger charge is 2.10. The second-order valence-corrected chi connectivity index (χ2v) is 5.42. The Kier molecular flexibility index (Phi) is 3.16. The lowest BCUT2D eigenvalue weighted by atomic mass is 10.3. The third-order valence-corrected chi connectivity index (χ3v) is 3.67. The van der Waals surface area contributed by atoms with Crippen LogP contribution in [-0.4, -0.2) is 21.0 Å². The van der Waals surface area contributed by atoms with Gasteiger partial charge >= 0.3 is 0 Å². The van der Waals surface area contributed by atoms with Crippen LogP contribution >= 0.6 is 23.1 Å². The van der Waals surface area contributed by atoms with Crippen molar-refractivity contribution in [2.24, 2.45) is 5.73 Å². The summed E-state index contributed by atoms with van der Waals surface area (Å²) in [6, 6.07) is 3.67. The maximum absolute atomic E-state index is 7.42. The molecule has 0 saturated heterocycles. The van der Waals surface area contributed by atoms with E-state index in [4.69, 9.17) is 11.1 Å². The Morgan fingerprint density at radius 3 is 2.94 bits per heavy atom. The van der Waals surface area contributed by atoms with E-state index >= 15 is 0 Å². The molecular weight excluding hydrogens is 242 g/mol. The molecule has 0 bridgehead atoms. The van der Waals surface area contributed by atoms with Crippen LogP contribution < -0.4 is 5.73 Å². The number of amidine groups is 1. The molecule has 0 aliphatic rings. The zero-order chi connectivity index (χ0) is 11.5. The molecule has 0 aliphatic carbocycles. The van der Waals surface area contributed by atoms with Crippen molar-refractivity contribution in [3.63, 3.8) is 0 Å². The first kappa shape index (κ1) is 11.0. The molecule has 7 heteroatoms. The zero-order valence-electron chi connectivity index (χ0n) is 8.47. The number of nitrogen functional groups attached to an aromatic ring is 1. The molecule has 5 nitrogen and oxygen atoms in total. The van der Waals surface area contributed by atoms with Crippen LogP contribution in [0, 0.1) is 12.3 Å². The van der Waals surface area contributed by atoms with E-state index in [-0.39, 0.29) is 5.84 Å². The number of nitrogens with two attached hydrogens (primary N) is 1. The Balaban J connectivity index is 2.31. The lowest BCUT2D eigenvalue weighted by Crippen LogP contribution is -2.14. The highest BCUT2D eigenvalue weighted by Crippen LogP contribution is 2.31. The molecule has 0 atom stereocenters. The molecule has 2 heterocycles. The number of hydrogen-bond acceptors (Lipinski definition) is 6. The number of aromatic nitrogens is 3. The van der Waals surface area contributed by atoms with Crippen LogP contribution in [-0.2, 0) is 0 Å². The Morgan fingerprint density at radius 2 is 2.31 bits per heavy atom. The SMILES string of the molecule is Cc1nnc(Sc2cccnc2C(=N)N)s1. The molecule has 16 heavy (non-hydrogen) atoms. The monoisotopic (exact) mass is 251 g/mol. The van der Waals surface area contributed by atoms with Crippen molar-refractivity contribution in [3.8, 4) is 0 Å². The summed E-state index contributed by atoms with van der Waals surface area (Å²) in [6.45, 7) is 1.90. The van der Waals surface area contributed by atoms with E-state index in [2.05, 4.69) is 15.2 Å². The molecule has 0 amide bonds. The van der Waals surface area contributed by atoms with Crippen molar-refractivity contribution in [2.45, 2.75) is 16.2 Å². The maximum Gasteiger partial charge on any atom is 0.179 e. The first-order chi connectivity index (χ1) is 7.66. The van der Waals surface area contributed by atoms with Crippen LogP contribution in [0.1, 0.15) is 10.7 Å². The molecule has 3 N–H and O–H groups in total. The summed E-state index contributed by atoms with van der Waals surface area (Å²) in [7, 11) is 0. The van der Waals surface area contributed by atoms with E-state index in [0.29, 0.717) is 5.69 Å². The van der Waals surface area contributed by atoms with Crippen molar-refractivity contribution in [1.82, 2.24) is 15.2 Å². The van der Waals surface area contributed by atoms with E-state index < -0.39 is 0 Å². The smallest absolute Gasteiger partial charge is 0.179 e. The van der Waals surface area contributed by atoms with Crippen molar-refractivity contribution in [2.75, 3.05) is 0 Å². The number of pyridine rings is 1. The summed E-state index contributed by atoms with van der Waals surface area (Å²) in [4.78, 5) is 4.89.